The van der Waals surface area contributed by atoms with Gasteiger partial charge in [-0.15, -0.1) is 10.2 Å². The summed E-state index contributed by atoms with van der Waals surface area (Å²) in [7, 11) is 0. The van der Waals surface area contributed by atoms with Crippen molar-refractivity contribution >= 4 is 23.3 Å². The van der Waals surface area contributed by atoms with E-state index < -0.39 is 0 Å². The van der Waals surface area contributed by atoms with E-state index in [0.717, 1.165) is 49.4 Å². The number of hydrogen-bond donors (Lipinski definition) is 1. The maximum absolute atomic E-state index is 12.5. The standard InChI is InChI=1S/C24H25ClN4O/c25-21-8-6-19(7-9-21)22-10-11-23(28-27-22)29-16-13-20(14-17-29)24(30)26-15-12-18-4-2-1-3-5-18/h1-11,20H,12-17H2,(H,26,30). The van der Waals surface area contributed by atoms with Gasteiger partial charge >= 0.3 is 0 Å². The Kier molecular flexibility index (Phi) is 6.60. The predicted molar refractivity (Wildman–Crippen MR) is 121 cm³/mol. The Morgan fingerprint density at radius 1 is 0.967 bits per heavy atom. The van der Waals surface area contributed by atoms with Gasteiger partial charge < -0.3 is 10.2 Å². The Labute approximate surface area is 182 Å². The van der Waals surface area contributed by atoms with Crippen LogP contribution in [0.15, 0.2) is 66.7 Å². The Balaban J connectivity index is 1.25. The minimum Gasteiger partial charge on any atom is -0.356 e. The van der Waals surface area contributed by atoms with E-state index in [-0.39, 0.29) is 11.8 Å². The van der Waals surface area contributed by atoms with Crippen LogP contribution in [0.4, 0.5) is 5.82 Å². The van der Waals surface area contributed by atoms with E-state index in [1.165, 1.54) is 5.56 Å². The topological polar surface area (TPSA) is 58.1 Å². The number of nitrogens with zero attached hydrogens (tertiary/aromatic N) is 3. The molecule has 154 valence electrons. The third-order valence-electron chi connectivity index (χ3n) is 5.54. The third kappa shape index (κ3) is 5.16. The number of benzene rings is 2. The lowest BCUT2D eigenvalue weighted by Gasteiger charge is -2.31. The Morgan fingerprint density at radius 3 is 2.37 bits per heavy atom. The molecular weight excluding hydrogens is 396 g/mol. The maximum Gasteiger partial charge on any atom is 0.223 e. The first-order valence-electron chi connectivity index (χ1n) is 10.4. The van der Waals surface area contributed by atoms with E-state index in [4.69, 9.17) is 11.6 Å². The van der Waals surface area contributed by atoms with Crippen molar-refractivity contribution < 1.29 is 4.79 Å². The van der Waals surface area contributed by atoms with E-state index in [1.807, 2.05) is 54.6 Å². The molecule has 0 unspecified atom stereocenters. The number of piperidine rings is 1. The highest BCUT2D eigenvalue weighted by Gasteiger charge is 2.25. The average Bonchev–Trinajstić information content (AvgIpc) is 2.80. The summed E-state index contributed by atoms with van der Waals surface area (Å²) in [6, 6.07) is 21.8. The van der Waals surface area contributed by atoms with Crippen molar-refractivity contribution in [3.05, 3.63) is 77.3 Å². The maximum atomic E-state index is 12.5. The number of carbonyl (C=O) groups excluding carboxylic acids is 1. The van der Waals surface area contributed by atoms with Gasteiger partial charge in [0.2, 0.25) is 5.91 Å². The van der Waals surface area contributed by atoms with E-state index >= 15 is 0 Å². The lowest BCUT2D eigenvalue weighted by atomic mass is 9.96. The molecule has 0 spiro atoms. The molecule has 0 saturated carbocycles. The summed E-state index contributed by atoms with van der Waals surface area (Å²) in [6.07, 6.45) is 2.52. The number of amides is 1. The molecule has 0 bridgehead atoms. The highest BCUT2D eigenvalue weighted by atomic mass is 35.5. The zero-order valence-corrected chi connectivity index (χ0v) is 17.6. The summed E-state index contributed by atoms with van der Waals surface area (Å²) in [5, 5.41) is 12.6. The second kappa shape index (κ2) is 9.72. The van der Waals surface area contributed by atoms with Crippen LogP contribution in [-0.4, -0.2) is 35.7 Å². The first-order chi connectivity index (χ1) is 14.7. The summed E-state index contributed by atoms with van der Waals surface area (Å²) in [5.74, 6) is 1.09. The van der Waals surface area contributed by atoms with Crippen LogP contribution in [0.3, 0.4) is 0 Å². The number of aromatic nitrogens is 2. The van der Waals surface area contributed by atoms with Gasteiger partial charge in [0.1, 0.15) is 0 Å². The molecule has 5 nitrogen and oxygen atoms in total. The SMILES string of the molecule is O=C(NCCc1ccccc1)C1CCN(c2ccc(-c3ccc(Cl)cc3)nn2)CC1. The van der Waals surface area contributed by atoms with Crippen molar-refractivity contribution in [1.82, 2.24) is 15.5 Å². The molecule has 1 amide bonds. The molecule has 2 aromatic carbocycles. The van der Waals surface area contributed by atoms with Gasteiger partial charge in [0.15, 0.2) is 5.82 Å². The molecule has 2 heterocycles. The van der Waals surface area contributed by atoms with Crippen molar-refractivity contribution in [2.24, 2.45) is 5.92 Å². The molecule has 1 aliphatic heterocycles. The second-order valence-corrected chi connectivity index (χ2v) is 8.01. The van der Waals surface area contributed by atoms with Crippen LogP contribution in [0.2, 0.25) is 5.02 Å². The van der Waals surface area contributed by atoms with Crippen molar-refractivity contribution in [1.29, 1.82) is 0 Å². The molecular formula is C24H25ClN4O. The van der Waals surface area contributed by atoms with Crippen LogP contribution in [0.25, 0.3) is 11.3 Å². The van der Waals surface area contributed by atoms with Crippen LogP contribution in [-0.2, 0) is 11.2 Å². The van der Waals surface area contributed by atoms with Crippen LogP contribution < -0.4 is 10.2 Å². The van der Waals surface area contributed by atoms with Crippen LogP contribution in [0, 0.1) is 5.92 Å². The fourth-order valence-electron chi connectivity index (χ4n) is 3.76. The molecule has 1 saturated heterocycles. The Morgan fingerprint density at radius 2 is 1.70 bits per heavy atom. The molecule has 1 aromatic heterocycles. The lowest BCUT2D eigenvalue weighted by molar-refractivity contribution is -0.125. The molecule has 4 rings (SSSR count). The smallest absolute Gasteiger partial charge is 0.223 e. The summed E-state index contributed by atoms with van der Waals surface area (Å²) in [6.45, 7) is 2.30. The van der Waals surface area contributed by atoms with Crippen molar-refractivity contribution in [2.75, 3.05) is 24.5 Å². The number of hydrogen-bond acceptors (Lipinski definition) is 4. The average molecular weight is 421 g/mol. The highest BCUT2D eigenvalue weighted by molar-refractivity contribution is 6.30. The molecule has 1 fully saturated rings. The van der Waals surface area contributed by atoms with E-state index in [1.54, 1.807) is 0 Å². The highest BCUT2D eigenvalue weighted by Crippen LogP contribution is 2.24. The number of rotatable bonds is 6. The monoisotopic (exact) mass is 420 g/mol. The minimum absolute atomic E-state index is 0.0679. The molecule has 1 N–H and O–H groups in total. The van der Waals surface area contributed by atoms with Crippen LogP contribution >= 0.6 is 11.6 Å². The summed E-state index contributed by atoms with van der Waals surface area (Å²) in [4.78, 5) is 14.7. The van der Waals surface area contributed by atoms with Gasteiger partial charge in [-0.3, -0.25) is 4.79 Å². The summed E-state index contributed by atoms with van der Waals surface area (Å²) in [5.41, 5.74) is 3.06. The first-order valence-corrected chi connectivity index (χ1v) is 10.7. The van der Waals surface area contributed by atoms with Crippen molar-refractivity contribution in [3.63, 3.8) is 0 Å². The number of nitrogens with one attached hydrogen (secondary N) is 1. The quantitative estimate of drug-likeness (QED) is 0.643. The van der Waals surface area contributed by atoms with Gasteiger partial charge in [-0.25, -0.2) is 0 Å². The molecule has 6 heteroatoms. The van der Waals surface area contributed by atoms with E-state index in [9.17, 15) is 4.79 Å². The van der Waals surface area contributed by atoms with Gasteiger partial charge in [-0.1, -0.05) is 54.1 Å². The summed E-state index contributed by atoms with van der Waals surface area (Å²) < 4.78 is 0. The Bertz CT molecular complexity index is 953. The second-order valence-electron chi connectivity index (χ2n) is 7.57. The minimum atomic E-state index is 0.0679. The number of carbonyl (C=O) groups is 1. The normalized spacial score (nSPS) is 14.5. The molecule has 3 aromatic rings. The molecule has 0 radical (unpaired) electrons. The fourth-order valence-corrected chi connectivity index (χ4v) is 3.88. The van der Waals surface area contributed by atoms with Crippen LogP contribution in [0.1, 0.15) is 18.4 Å². The fraction of sp³-hybridized carbons (Fsp3) is 0.292. The lowest BCUT2D eigenvalue weighted by Crippen LogP contribution is -2.41. The number of halogens is 1. The van der Waals surface area contributed by atoms with E-state index in [2.05, 4.69) is 32.5 Å². The summed E-state index contributed by atoms with van der Waals surface area (Å²) >= 11 is 5.94. The predicted octanol–water partition coefficient (Wildman–Crippen LogP) is 4.37. The van der Waals surface area contributed by atoms with Gasteiger partial charge in [-0.05, 0) is 49.1 Å². The van der Waals surface area contributed by atoms with Gasteiger partial charge in [0.05, 0.1) is 5.69 Å². The largest absolute Gasteiger partial charge is 0.356 e. The van der Waals surface area contributed by atoms with Gasteiger partial charge in [0.25, 0.3) is 0 Å². The molecule has 0 aliphatic carbocycles. The third-order valence-corrected chi connectivity index (χ3v) is 5.79. The van der Waals surface area contributed by atoms with Crippen molar-refractivity contribution in [3.8, 4) is 11.3 Å². The number of anilines is 1. The van der Waals surface area contributed by atoms with Gasteiger partial charge in [0, 0.05) is 36.1 Å². The van der Waals surface area contributed by atoms with E-state index in [0.29, 0.717) is 11.6 Å². The Hall–Kier alpha value is -2.92. The van der Waals surface area contributed by atoms with Crippen LogP contribution in [0.5, 0.6) is 0 Å². The molecule has 0 atom stereocenters. The molecule has 30 heavy (non-hydrogen) atoms. The van der Waals surface area contributed by atoms with Crippen molar-refractivity contribution in [2.45, 2.75) is 19.3 Å². The first kappa shape index (κ1) is 20.4. The molecule has 1 aliphatic rings. The zero-order valence-electron chi connectivity index (χ0n) is 16.8. The zero-order chi connectivity index (χ0) is 20.8. The van der Waals surface area contributed by atoms with Gasteiger partial charge in [-0.2, -0.15) is 0 Å².